The van der Waals surface area contributed by atoms with Gasteiger partial charge in [0.1, 0.15) is 12.4 Å². The molecule has 7 nitrogen and oxygen atoms in total. The van der Waals surface area contributed by atoms with E-state index in [2.05, 4.69) is 0 Å². The molecular weight excluding hydrogens is 348 g/mol. The van der Waals surface area contributed by atoms with E-state index < -0.39 is 11.5 Å². The summed E-state index contributed by atoms with van der Waals surface area (Å²) in [6, 6.07) is 14.2. The van der Waals surface area contributed by atoms with Gasteiger partial charge in [0.05, 0.1) is 6.54 Å². The molecule has 1 heterocycles. The predicted octanol–water partition coefficient (Wildman–Crippen LogP) is 2.09. The average molecular weight is 370 g/mol. The number of methoxy groups -OCH3 is 1. The van der Waals surface area contributed by atoms with Crippen LogP contribution in [0.15, 0.2) is 48.5 Å². The fourth-order valence-corrected chi connectivity index (χ4v) is 3.14. The molecule has 0 radical (unpaired) electrons. The van der Waals surface area contributed by atoms with Crippen molar-refractivity contribution in [2.45, 2.75) is 19.1 Å². The number of nitrogens with zero attached hydrogens (tertiary/aromatic N) is 1. The van der Waals surface area contributed by atoms with Gasteiger partial charge in [0.25, 0.3) is 11.8 Å². The van der Waals surface area contributed by atoms with Crippen molar-refractivity contribution in [3.63, 3.8) is 0 Å². The van der Waals surface area contributed by atoms with Gasteiger partial charge in [-0.25, -0.2) is 5.48 Å². The maximum absolute atomic E-state index is 13.3. The summed E-state index contributed by atoms with van der Waals surface area (Å²) < 4.78 is 11.3. The summed E-state index contributed by atoms with van der Waals surface area (Å²) in [5.41, 5.74) is 2.33. The zero-order valence-electron chi connectivity index (χ0n) is 15.3. The Morgan fingerprint density at radius 1 is 1.22 bits per heavy atom. The summed E-state index contributed by atoms with van der Waals surface area (Å²) in [5.74, 6) is -0.260. The maximum Gasteiger partial charge on any atom is 0.274 e. The summed E-state index contributed by atoms with van der Waals surface area (Å²) in [4.78, 5) is 26.6. The number of fused-ring (bicyclic) bond motifs is 1. The van der Waals surface area contributed by atoms with Gasteiger partial charge in [0.15, 0.2) is 5.60 Å². The zero-order valence-corrected chi connectivity index (χ0v) is 15.3. The molecule has 0 aliphatic carbocycles. The summed E-state index contributed by atoms with van der Waals surface area (Å²) in [5, 5.41) is 8.78. The second-order valence-corrected chi connectivity index (χ2v) is 6.44. The zero-order chi connectivity index (χ0) is 19.4. The Hall–Kier alpha value is -2.90. The second kappa shape index (κ2) is 7.77. The summed E-state index contributed by atoms with van der Waals surface area (Å²) in [7, 11) is 1.52. The second-order valence-electron chi connectivity index (χ2n) is 6.44. The molecule has 0 spiro atoms. The lowest BCUT2D eigenvalue weighted by Gasteiger charge is -2.33. The summed E-state index contributed by atoms with van der Waals surface area (Å²) in [6.45, 7) is 2.77. The van der Waals surface area contributed by atoms with Crippen molar-refractivity contribution in [3.8, 4) is 5.75 Å². The minimum atomic E-state index is -1.11. The number of nitrogens with one attached hydrogen (secondary N) is 1. The molecule has 0 saturated heterocycles. The molecule has 0 bridgehead atoms. The van der Waals surface area contributed by atoms with Crippen molar-refractivity contribution in [3.05, 3.63) is 65.2 Å². The first-order chi connectivity index (χ1) is 13.0. The van der Waals surface area contributed by atoms with Crippen LogP contribution in [0.3, 0.4) is 0 Å². The van der Waals surface area contributed by atoms with Gasteiger partial charge in [0.2, 0.25) is 0 Å². The van der Waals surface area contributed by atoms with Crippen molar-refractivity contribution in [1.82, 2.24) is 10.4 Å². The van der Waals surface area contributed by atoms with E-state index in [1.54, 1.807) is 35.5 Å². The van der Waals surface area contributed by atoms with E-state index >= 15 is 0 Å². The minimum absolute atomic E-state index is 0.162. The number of carbonyl (C=O) groups excluding carboxylic acids is 2. The molecule has 1 unspecified atom stereocenters. The molecule has 0 aromatic heterocycles. The molecule has 27 heavy (non-hydrogen) atoms. The Morgan fingerprint density at radius 2 is 1.96 bits per heavy atom. The third-order valence-electron chi connectivity index (χ3n) is 4.84. The van der Waals surface area contributed by atoms with Crippen LogP contribution >= 0.6 is 0 Å². The maximum atomic E-state index is 13.3. The molecule has 142 valence electrons. The smallest absolute Gasteiger partial charge is 0.274 e. The molecule has 7 heteroatoms. The van der Waals surface area contributed by atoms with Crippen LogP contribution in [0, 0.1) is 0 Å². The number of amides is 2. The van der Waals surface area contributed by atoms with Gasteiger partial charge in [0, 0.05) is 24.8 Å². The molecule has 0 fully saturated rings. The van der Waals surface area contributed by atoms with Crippen LogP contribution in [0.5, 0.6) is 5.75 Å². The van der Waals surface area contributed by atoms with Crippen LogP contribution in [0.1, 0.15) is 28.4 Å². The Labute approximate surface area is 157 Å². The minimum Gasteiger partial charge on any atom is -0.491 e. The van der Waals surface area contributed by atoms with Crippen molar-refractivity contribution in [2.75, 3.05) is 20.3 Å². The third-order valence-corrected chi connectivity index (χ3v) is 4.84. The molecule has 1 atom stereocenters. The normalized spacial score (nSPS) is 15.7. The molecule has 2 aromatic rings. The molecule has 1 aliphatic rings. The van der Waals surface area contributed by atoms with Crippen molar-refractivity contribution in [1.29, 1.82) is 0 Å². The van der Waals surface area contributed by atoms with Gasteiger partial charge in [-0.15, -0.1) is 0 Å². The monoisotopic (exact) mass is 370 g/mol. The highest BCUT2D eigenvalue weighted by atomic mass is 16.5. The molecule has 2 amide bonds. The van der Waals surface area contributed by atoms with Crippen LogP contribution in [0.25, 0.3) is 0 Å². The van der Waals surface area contributed by atoms with Gasteiger partial charge in [-0.3, -0.25) is 14.8 Å². The molecule has 2 N–H and O–H groups in total. The van der Waals surface area contributed by atoms with Crippen LogP contribution < -0.4 is 10.2 Å². The summed E-state index contributed by atoms with van der Waals surface area (Å²) in [6.07, 6.45) is 0. The van der Waals surface area contributed by atoms with E-state index in [4.69, 9.17) is 14.7 Å². The Balaban J connectivity index is 1.88. The first-order valence-electron chi connectivity index (χ1n) is 8.60. The Bertz CT molecular complexity index is 840. The lowest BCUT2D eigenvalue weighted by Crippen LogP contribution is -2.46. The average Bonchev–Trinajstić information content (AvgIpc) is 2.94. The molecular formula is C20H22N2O5. The summed E-state index contributed by atoms with van der Waals surface area (Å²) >= 11 is 0. The van der Waals surface area contributed by atoms with Crippen LogP contribution in [0.4, 0.5) is 0 Å². The number of hydrogen-bond acceptors (Lipinski definition) is 5. The Kier molecular flexibility index (Phi) is 5.43. The highest BCUT2D eigenvalue weighted by Gasteiger charge is 2.39. The lowest BCUT2D eigenvalue weighted by atomic mass is 9.93. The standard InChI is InChI=1S/C20H22N2O5/c1-20(26-2,16-6-4-3-5-7-16)19(24)22-10-11-27-17-12-14(18(23)21-25)8-9-15(17)13-22/h3-9,12,25H,10-11,13H2,1-2H3,(H,21,23). The largest absolute Gasteiger partial charge is 0.491 e. The topological polar surface area (TPSA) is 88.1 Å². The predicted molar refractivity (Wildman–Crippen MR) is 97.4 cm³/mol. The van der Waals surface area contributed by atoms with E-state index in [9.17, 15) is 9.59 Å². The lowest BCUT2D eigenvalue weighted by molar-refractivity contribution is -0.155. The molecule has 1 aliphatic heterocycles. The molecule has 0 saturated carbocycles. The van der Waals surface area contributed by atoms with Crippen molar-refractivity contribution < 1.29 is 24.3 Å². The molecule has 3 rings (SSSR count). The van der Waals surface area contributed by atoms with Crippen molar-refractivity contribution >= 4 is 11.8 Å². The Morgan fingerprint density at radius 3 is 2.63 bits per heavy atom. The van der Waals surface area contributed by atoms with Gasteiger partial charge in [-0.05, 0) is 24.6 Å². The number of hydroxylamine groups is 1. The van der Waals surface area contributed by atoms with Crippen LogP contribution in [-0.2, 0) is 21.7 Å². The van der Waals surface area contributed by atoms with Gasteiger partial charge < -0.3 is 14.4 Å². The van der Waals surface area contributed by atoms with Crippen molar-refractivity contribution in [2.24, 2.45) is 0 Å². The van der Waals surface area contributed by atoms with E-state index in [1.165, 1.54) is 7.11 Å². The van der Waals surface area contributed by atoms with E-state index in [-0.39, 0.29) is 18.1 Å². The van der Waals surface area contributed by atoms with Gasteiger partial charge in [-0.1, -0.05) is 36.4 Å². The fraction of sp³-hybridized carbons (Fsp3) is 0.300. The number of hydrogen-bond donors (Lipinski definition) is 2. The van der Waals surface area contributed by atoms with Crippen LogP contribution in [-0.4, -0.2) is 42.2 Å². The van der Waals surface area contributed by atoms with E-state index in [0.29, 0.717) is 18.8 Å². The number of carbonyl (C=O) groups is 2. The third kappa shape index (κ3) is 3.65. The number of ether oxygens (including phenoxy) is 2. The van der Waals surface area contributed by atoms with E-state index in [0.717, 1.165) is 11.1 Å². The van der Waals surface area contributed by atoms with Gasteiger partial charge in [-0.2, -0.15) is 0 Å². The quantitative estimate of drug-likeness (QED) is 0.636. The number of benzene rings is 2. The first kappa shape index (κ1) is 18.9. The molecule has 2 aromatic carbocycles. The first-order valence-corrected chi connectivity index (χ1v) is 8.60. The highest BCUT2D eigenvalue weighted by molar-refractivity contribution is 5.94. The van der Waals surface area contributed by atoms with E-state index in [1.807, 2.05) is 30.3 Å². The SMILES string of the molecule is COC(C)(C(=O)N1CCOc2cc(C(=O)NO)ccc2C1)c1ccccc1. The number of rotatable bonds is 4. The van der Waals surface area contributed by atoms with Gasteiger partial charge >= 0.3 is 0 Å². The van der Waals surface area contributed by atoms with Crippen LogP contribution in [0.2, 0.25) is 0 Å². The fourth-order valence-electron chi connectivity index (χ4n) is 3.14. The highest BCUT2D eigenvalue weighted by Crippen LogP contribution is 2.30.